The molecule has 0 atom stereocenters. The van der Waals surface area contributed by atoms with Crippen molar-refractivity contribution in [3.63, 3.8) is 0 Å². The number of hydrogen-bond acceptors (Lipinski definition) is 4. The van der Waals surface area contributed by atoms with Crippen molar-refractivity contribution < 1.29 is 9.53 Å². The van der Waals surface area contributed by atoms with Gasteiger partial charge in [0.1, 0.15) is 17.4 Å². The number of urea groups is 1. The molecule has 0 unspecified atom stereocenters. The van der Waals surface area contributed by atoms with E-state index in [1.54, 1.807) is 0 Å². The highest BCUT2D eigenvalue weighted by atomic mass is 16.5. The zero-order chi connectivity index (χ0) is 17.1. The first-order valence-electron chi connectivity index (χ1n) is 8.97. The molecule has 0 aliphatic carbocycles. The predicted molar refractivity (Wildman–Crippen MR) is 92.8 cm³/mol. The molecule has 2 aromatic rings. The lowest BCUT2D eigenvalue weighted by Gasteiger charge is -2.08. The summed E-state index contributed by atoms with van der Waals surface area (Å²) < 4.78 is 7.67. The highest BCUT2D eigenvalue weighted by Crippen LogP contribution is 2.25. The van der Waals surface area contributed by atoms with Crippen LogP contribution in [-0.4, -0.2) is 40.5 Å². The van der Waals surface area contributed by atoms with Crippen LogP contribution in [0.1, 0.15) is 29.2 Å². The number of fused-ring (bicyclic) bond motifs is 2. The van der Waals surface area contributed by atoms with E-state index in [1.807, 2.05) is 6.07 Å². The second-order valence-corrected chi connectivity index (χ2v) is 6.51. The van der Waals surface area contributed by atoms with Crippen molar-refractivity contribution in [2.24, 2.45) is 0 Å². The smallest absolute Gasteiger partial charge is 0.314 e. The van der Waals surface area contributed by atoms with Crippen LogP contribution in [0, 0.1) is 0 Å². The minimum Gasteiger partial charge on any atom is -0.493 e. The van der Waals surface area contributed by atoms with Gasteiger partial charge in [0, 0.05) is 38.9 Å². The van der Waals surface area contributed by atoms with E-state index in [2.05, 4.69) is 37.5 Å². The zero-order valence-electron chi connectivity index (χ0n) is 14.3. The molecule has 0 fully saturated rings. The third-order valence-electron chi connectivity index (χ3n) is 4.77. The summed E-state index contributed by atoms with van der Waals surface area (Å²) in [6.45, 7) is 2.95. The highest BCUT2D eigenvalue weighted by molar-refractivity contribution is 5.73. The molecule has 1 aromatic carbocycles. The lowest BCUT2D eigenvalue weighted by Crippen LogP contribution is -2.37. The molecule has 2 amide bonds. The number of hydrogen-bond donors (Lipinski definition) is 2. The van der Waals surface area contributed by atoms with Gasteiger partial charge in [-0.05, 0) is 30.0 Å². The van der Waals surface area contributed by atoms with Gasteiger partial charge in [-0.15, -0.1) is 10.2 Å². The van der Waals surface area contributed by atoms with Crippen LogP contribution >= 0.6 is 0 Å². The Morgan fingerprint density at radius 3 is 2.96 bits per heavy atom. The van der Waals surface area contributed by atoms with Gasteiger partial charge < -0.3 is 19.9 Å². The molecule has 0 radical (unpaired) electrons. The van der Waals surface area contributed by atoms with Crippen molar-refractivity contribution in [3.05, 3.63) is 41.0 Å². The molecule has 0 saturated carbocycles. The van der Waals surface area contributed by atoms with Crippen molar-refractivity contribution in [2.75, 3.05) is 19.7 Å². The Labute approximate surface area is 146 Å². The van der Waals surface area contributed by atoms with Gasteiger partial charge in [-0.2, -0.15) is 0 Å². The summed E-state index contributed by atoms with van der Waals surface area (Å²) in [6, 6.07) is 6.13. The molecule has 7 nitrogen and oxygen atoms in total. The third-order valence-corrected chi connectivity index (χ3v) is 4.77. The number of ether oxygens (including phenoxy) is 1. The van der Waals surface area contributed by atoms with Gasteiger partial charge in [0.25, 0.3) is 0 Å². The minimum absolute atomic E-state index is 0.134. The fourth-order valence-electron chi connectivity index (χ4n) is 3.46. The molecule has 2 aliphatic rings. The van der Waals surface area contributed by atoms with Gasteiger partial charge in [-0.25, -0.2) is 4.79 Å². The molecule has 2 aliphatic heterocycles. The molecule has 0 saturated heterocycles. The van der Waals surface area contributed by atoms with Crippen molar-refractivity contribution >= 4 is 6.03 Å². The fraction of sp³-hybridized carbons (Fsp3) is 0.500. The fourth-order valence-corrected chi connectivity index (χ4v) is 3.46. The van der Waals surface area contributed by atoms with Crippen LogP contribution in [0.4, 0.5) is 4.79 Å². The highest BCUT2D eigenvalue weighted by Gasteiger charge is 2.17. The standard InChI is InChI=1S/C18H23N5O2/c24-18(20-9-6-17-22-21-16-2-1-10-23(16)17)19-8-5-13-3-4-15-14(12-13)7-11-25-15/h3-4,12H,1-2,5-11H2,(H2,19,20,24). The lowest BCUT2D eigenvalue weighted by molar-refractivity contribution is 0.241. The number of aromatic nitrogens is 3. The summed E-state index contributed by atoms with van der Waals surface area (Å²) in [6.07, 6.45) is 4.66. The molecular weight excluding hydrogens is 318 g/mol. The molecule has 1 aromatic heterocycles. The van der Waals surface area contributed by atoms with E-state index < -0.39 is 0 Å². The maximum Gasteiger partial charge on any atom is 0.314 e. The number of amides is 2. The van der Waals surface area contributed by atoms with Crippen LogP contribution in [0.2, 0.25) is 0 Å². The van der Waals surface area contributed by atoms with E-state index in [0.29, 0.717) is 19.5 Å². The first kappa shape index (κ1) is 15.9. The Morgan fingerprint density at radius 1 is 1.16 bits per heavy atom. The van der Waals surface area contributed by atoms with E-state index in [9.17, 15) is 4.79 Å². The van der Waals surface area contributed by atoms with Crippen LogP contribution in [0.15, 0.2) is 18.2 Å². The molecule has 0 spiro atoms. The molecule has 4 rings (SSSR count). The van der Waals surface area contributed by atoms with E-state index in [0.717, 1.165) is 56.2 Å². The van der Waals surface area contributed by atoms with Crippen LogP contribution in [0.3, 0.4) is 0 Å². The summed E-state index contributed by atoms with van der Waals surface area (Å²) >= 11 is 0. The molecule has 132 valence electrons. The first-order valence-corrected chi connectivity index (χ1v) is 8.97. The summed E-state index contributed by atoms with van der Waals surface area (Å²) in [4.78, 5) is 11.9. The lowest BCUT2D eigenvalue weighted by atomic mass is 10.1. The maximum atomic E-state index is 11.9. The third kappa shape index (κ3) is 3.60. The molecule has 25 heavy (non-hydrogen) atoms. The summed E-state index contributed by atoms with van der Waals surface area (Å²) in [5.74, 6) is 3.03. The van der Waals surface area contributed by atoms with Gasteiger partial charge >= 0.3 is 6.03 Å². The normalized spacial score (nSPS) is 14.7. The topological polar surface area (TPSA) is 81.1 Å². The Bertz CT molecular complexity index is 771. The van der Waals surface area contributed by atoms with E-state index in [-0.39, 0.29) is 6.03 Å². The summed E-state index contributed by atoms with van der Waals surface area (Å²) in [5, 5.41) is 14.2. The monoisotopic (exact) mass is 341 g/mol. The average molecular weight is 341 g/mol. The summed E-state index contributed by atoms with van der Waals surface area (Å²) in [7, 11) is 0. The van der Waals surface area contributed by atoms with E-state index >= 15 is 0 Å². The quantitative estimate of drug-likeness (QED) is 0.828. The largest absolute Gasteiger partial charge is 0.493 e. The zero-order valence-corrected chi connectivity index (χ0v) is 14.3. The summed E-state index contributed by atoms with van der Waals surface area (Å²) in [5.41, 5.74) is 2.49. The molecule has 3 heterocycles. The second kappa shape index (κ2) is 7.13. The molecular formula is C18H23N5O2. The Balaban J connectivity index is 1.17. The molecule has 7 heteroatoms. The molecule has 0 bridgehead atoms. The number of carbonyl (C=O) groups excluding carboxylic acids is 1. The number of aryl methyl sites for hydroxylation is 1. The van der Waals surface area contributed by atoms with Crippen LogP contribution in [0.5, 0.6) is 5.75 Å². The van der Waals surface area contributed by atoms with Crippen LogP contribution in [0.25, 0.3) is 0 Å². The number of nitrogens with zero attached hydrogens (tertiary/aromatic N) is 3. The second-order valence-electron chi connectivity index (χ2n) is 6.51. The van der Waals surface area contributed by atoms with Gasteiger partial charge in [0.05, 0.1) is 6.61 Å². The van der Waals surface area contributed by atoms with Crippen molar-refractivity contribution in [1.29, 1.82) is 0 Å². The van der Waals surface area contributed by atoms with Gasteiger partial charge in [0.2, 0.25) is 0 Å². The predicted octanol–water partition coefficient (Wildman–Crippen LogP) is 1.24. The number of rotatable bonds is 6. The Morgan fingerprint density at radius 2 is 2.04 bits per heavy atom. The van der Waals surface area contributed by atoms with Gasteiger partial charge in [-0.1, -0.05) is 12.1 Å². The minimum atomic E-state index is -0.134. The van der Waals surface area contributed by atoms with Gasteiger partial charge in [-0.3, -0.25) is 0 Å². The number of nitrogens with one attached hydrogen (secondary N) is 2. The van der Waals surface area contributed by atoms with E-state index in [4.69, 9.17) is 4.74 Å². The number of carbonyl (C=O) groups is 1. The van der Waals surface area contributed by atoms with E-state index in [1.165, 1.54) is 11.1 Å². The van der Waals surface area contributed by atoms with Crippen LogP contribution < -0.4 is 15.4 Å². The molecule has 2 N–H and O–H groups in total. The van der Waals surface area contributed by atoms with Crippen LogP contribution in [-0.2, 0) is 32.2 Å². The van der Waals surface area contributed by atoms with Gasteiger partial charge in [0.15, 0.2) is 0 Å². The first-order chi connectivity index (χ1) is 12.3. The Kier molecular flexibility index (Phi) is 4.54. The average Bonchev–Trinajstić information content (AvgIpc) is 3.32. The number of benzene rings is 1. The van der Waals surface area contributed by atoms with Crippen molar-refractivity contribution in [2.45, 2.75) is 38.6 Å². The SMILES string of the molecule is O=C(NCCc1ccc2c(c1)CCO2)NCCc1nnc2n1CCC2. The maximum absolute atomic E-state index is 11.9. The van der Waals surface area contributed by atoms with Crippen molar-refractivity contribution in [1.82, 2.24) is 25.4 Å². The van der Waals surface area contributed by atoms with Crippen molar-refractivity contribution in [3.8, 4) is 5.75 Å². The Hall–Kier alpha value is -2.57.